The monoisotopic (exact) mass is 452 g/mol. The van der Waals surface area contributed by atoms with E-state index in [1.54, 1.807) is 13.2 Å². The van der Waals surface area contributed by atoms with Gasteiger partial charge in [0.15, 0.2) is 0 Å². The smallest absolute Gasteiger partial charge is 0.407 e. The second-order valence-corrected chi connectivity index (χ2v) is 8.34. The molecule has 174 valence electrons. The van der Waals surface area contributed by atoms with Gasteiger partial charge in [0.2, 0.25) is 11.8 Å². The Labute approximate surface area is 191 Å². The van der Waals surface area contributed by atoms with Crippen LogP contribution in [0.25, 0.3) is 21.9 Å². The minimum atomic E-state index is -0.931. The van der Waals surface area contributed by atoms with Crippen LogP contribution in [0, 0.1) is 0 Å². The number of nitrogens with zero attached hydrogens (tertiary/aromatic N) is 3. The van der Waals surface area contributed by atoms with Gasteiger partial charge in [-0.05, 0) is 55.5 Å². The quantitative estimate of drug-likeness (QED) is 0.381. The number of hydrogen-bond donors (Lipinski definition) is 2. The van der Waals surface area contributed by atoms with Crippen molar-refractivity contribution in [1.29, 1.82) is 0 Å². The molecule has 0 bridgehead atoms. The van der Waals surface area contributed by atoms with Crippen LogP contribution in [0.15, 0.2) is 36.5 Å². The van der Waals surface area contributed by atoms with Gasteiger partial charge >= 0.3 is 6.09 Å². The molecule has 3 aromatic rings. The third-order valence-corrected chi connectivity index (χ3v) is 6.01. The van der Waals surface area contributed by atoms with Crippen molar-refractivity contribution in [3.05, 3.63) is 42.1 Å². The molecule has 0 radical (unpaired) electrons. The van der Waals surface area contributed by atoms with E-state index in [0.29, 0.717) is 39.0 Å². The Bertz CT molecular complexity index is 1190. The van der Waals surface area contributed by atoms with E-state index < -0.39 is 12.1 Å². The van der Waals surface area contributed by atoms with Crippen LogP contribution in [0.3, 0.4) is 0 Å². The van der Waals surface area contributed by atoms with E-state index in [9.17, 15) is 14.4 Å². The number of piperidine rings is 1. The zero-order valence-corrected chi connectivity index (χ0v) is 18.6. The lowest BCUT2D eigenvalue weighted by Gasteiger charge is -2.23. The largest absolute Gasteiger partial charge is 0.465 e. The Kier molecular flexibility index (Phi) is 6.88. The number of benzene rings is 1. The normalized spacial score (nSPS) is 16.3. The van der Waals surface area contributed by atoms with Gasteiger partial charge in [-0.2, -0.15) is 0 Å². The highest BCUT2D eigenvalue weighted by Crippen LogP contribution is 2.34. The fourth-order valence-corrected chi connectivity index (χ4v) is 4.30. The molecule has 3 amide bonds. The van der Waals surface area contributed by atoms with Crippen molar-refractivity contribution in [3.63, 3.8) is 0 Å². The number of carboxylic acid groups (broad SMARTS) is 1. The number of aromatic nitrogens is 2. The molecule has 3 heterocycles. The highest BCUT2D eigenvalue weighted by molar-refractivity contribution is 6.09. The Morgan fingerprint density at radius 2 is 2.06 bits per heavy atom. The van der Waals surface area contributed by atoms with Crippen LogP contribution in [0.2, 0.25) is 0 Å². The number of pyridine rings is 1. The lowest BCUT2D eigenvalue weighted by Crippen LogP contribution is -2.41. The summed E-state index contributed by atoms with van der Waals surface area (Å²) in [6.45, 7) is 1.59. The topological polar surface area (TPSA) is 114 Å². The Balaban J connectivity index is 1.44. The third kappa shape index (κ3) is 4.98. The van der Waals surface area contributed by atoms with Gasteiger partial charge in [-0.3, -0.25) is 14.9 Å². The van der Waals surface area contributed by atoms with E-state index in [2.05, 4.69) is 22.4 Å². The summed E-state index contributed by atoms with van der Waals surface area (Å²) >= 11 is 0. The van der Waals surface area contributed by atoms with Gasteiger partial charge < -0.3 is 19.3 Å². The van der Waals surface area contributed by atoms with Gasteiger partial charge in [0.1, 0.15) is 11.7 Å². The van der Waals surface area contributed by atoms with Crippen LogP contribution in [0.4, 0.5) is 4.79 Å². The molecular formula is C24H28N4O5. The second kappa shape index (κ2) is 9.99. The maximum atomic E-state index is 12.6. The first-order valence-corrected chi connectivity index (χ1v) is 11.2. The second-order valence-electron chi connectivity index (χ2n) is 8.34. The number of carbonyl (C=O) groups is 3. The van der Waals surface area contributed by atoms with E-state index in [4.69, 9.17) is 9.84 Å². The summed E-state index contributed by atoms with van der Waals surface area (Å²) in [6, 6.07) is 9.66. The van der Waals surface area contributed by atoms with Crippen molar-refractivity contribution in [1.82, 2.24) is 19.8 Å². The number of amides is 3. The summed E-state index contributed by atoms with van der Waals surface area (Å²) < 4.78 is 7.59. The molecule has 1 aliphatic rings. The SMILES string of the molecule is CN(CCCOCCCc1ccc2c(c1)c1cccnc1n2C1CCC(=O)NC1=O)C(=O)O. The van der Waals surface area contributed by atoms with Crippen molar-refractivity contribution in [2.45, 2.75) is 38.1 Å². The summed E-state index contributed by atoms with van der Waals surface area (Å²) in [4.78, 5) is 40.7. The summed E-state index contributed by atoms with van der Waals surface area (Å²) in [5.74, 6) is -0.519. The third-order valence-electron chi connectivity index (χ3n) is 6.01. The minimum Gasteiger partial charge on any atom is -0.465 e. The molecule has 9 heteroatoms. The molecule has 1 atom stereocenters. The van der Waals surface area contributed by atoms with Crippen LogP contribution < -0.4 is 5.32 Å². The maximum Gasteiger partial charge on any atom is 0.407 e. The predicted molar refractivity (Wildman–Crippen MR) is 123 cm³/mol. The summed E-state index contributed by atoms with van der Waals surface area (Å²) in [6.07, 6.45) is 3.93. The van der Waals surface area contributed by atoms with E-state index in [1.807, 2.05) is 22.8 Å². The molecule has 1 saturated heterocycles. The molecule has 2 N–H and O–H groups in total. The Morgan fingerprint density at radius 1 is 1.24 bits per heavy atom. The fourth-order valence-electron chi connectivity index (χ4n) is 4.30. The van der Waals surface area contributed by atoms with Crippen LogP contribution >= 0.6 is 0 Å². The van der Waals surface area contributed by atoms with Crippen molar-refractivity contribution in [2.24, 2.45) is 0 Å². The molecule has 33 heavy (non-hydrogen) atoms. The molecular weight excluding hydrogens is 424 g/mol. The molecule has 4 rings (SSSR count). The molecule has 1 aliphatic heterocycles. The van der Waals surface area contributed by atoms with E-state index in [1.165, 1.54) is 10.5 Å². The number of ether oxygens (including phenoxy) is 1. The average molecular weight is 453 g/mol. The van der Waals surface area contributed by atoms with Gasteiger partial charge in [0.05, 0.1) is 5.52 Å². The lowest BCUT2D eigenvalue weighted by atomic mass is 10.0. The van der Waals surface area contributed by atoms with Gasteiger partial charge in [0.25, 0.3) is 0 Å². The molecule has 0 aliphatic carbocycles. The molecule has 9 nitrogen and oxygen atoms in total. The fraction of sp³-hybridized carbons (Fsp3) is 0.417. The Morgan fingerprint density at radius 3 is 2.85 bits per heavy atom. The average Bonchev–Trinajstić information content (AvgIpc) is 3.12. The van der Waals surface area contributed by atoms with Crippen molar-refractivity contribution in [2.75, 3.05) is 26.8 Å². The highest BCUT2D eigenvalue weighted by atomic mass is 16.5. The summed E-state index contributed by atoms with van der Waals surface area (Å²) in [5, 5.41) is 13.3. The number of nitrogens with one attached hydrogen (secondary N) is 1. The highest BCUT2D eigenvalue weighted by Gasteiger charge is 2.30. The predicted octanol–water partition coefficient (Wildman–Crippen LogP) is 3.12. The number of hydrogen-bond acceptors (Lipinski definition) is 5. The number of carbonyl (C=O) groups excluding carboxylic acids is 2. The minimum absolute atomic E-state index is 0.233. The molecule has 1 fully saturated rings. The van der Waals surface area contributed by atoms with E-state index in [-0.39, 0.29) is 11.8 Å². The number of imide groups is 1. The van der Waals surface area contributed by atoms with Crippen LogP contribution in [0.1, 0.15) is 37.3 Å². The molecule has 0 saturated carbocycles. The molecule has 2 aromatic heterocycles. The van der Waals surface area contributed by atoms with Gasteiger partial charge in [-0.1, -0.05) is 6.07 Å². The van der Waals surface area contributed by atoms with Crippen LogP contribution in [0.5, 0.6) is 0 Å². The number of rotatable bonds is 9. The van der Waals surface area contributed by atoms with E-state index >= 15 is 0 Å². The first kappa shape index (κ1) is 22.7. The number of aryl methyl sites for hydroxylation is 1. The van der Waals surface area contributed by atoms with Crippen molar-refractivity contribution in [3.8, 4) is 0 Å². The first-order valence-electron chi connectivity index (χ1n) is 11.2. The molecule has 0 spiro atoms. The zero-order chi connectivity index (χ0) is 23.4. The maximum absolute atomic E-state index is 12.6. The van der Waals surface area contributed by atoms with Gasteiger partial charge in [0, 0.05) is 50.2 Å². The zero-order valence-electron chi connectivity index (χ0n) is 18.6. The first-order chi connectivity index (χ1) is 16.0. The number of fused-ring (bicyclic) bond motifs is 3. The van der Waals surface area contributed by atoms with E-state index in [0.717, 1.165) is 34.8 Å². The lowest BCUT2D eigenvalue weighted by molar-refractivity contribution is -0.135. The Hall–Kier alpha value is -3.46. The molecule has 1 unspecified atom stereocenters. The molecule has 1 aromatic carbocycles. The summed E-state index contributed by atoms with van der Waals surface area (Å²) in [7, 11) is 1.55. The van der Waals surface area contributed by atoms with Crippen molar-refractivity contribution >= 4 is 39.8 Å². The van der Waals surface area contributed by atoms with Gasteiger partial charge in [-0.25, -0.2) is 9.78 Å². The standard InChI is InChI=1S/C24H28N4O5/c1-27(24(31)32)12-4-14-33-13-3-5-16-7-8-19-18(15-16)17-6-2-11-25-22(17)28(19)20-9-10-21(29)26-23(20)30/h2,6-8,11,15,20H,3-5,9-10,12-14H2,1H3,(H,31,32)(H,26,29,30). The van der Waals surface area contributed by atoms with Gasteiger partial charge in [-0.15, -0.1) is 0 Å². The van der Waals surface area contributed by atoms with Crippen LogP contribution in [-0.2, 0) is 20.7 Å². The van der Waals surface area contributed by atoms with Crippen molar-refractivity contribution < 1.29 is 24.2 Å². The van der Waals surface area contributed by atoms with Crippen LogP contribution in [-0.4, -0.2) is 64.3 Å². The summed E-state index contributed by atoms with van der Waals surface area (Å²) in [5.41, 5.74) is 2.84.